The van der Waals surface area contributed by atoms with Gasteiger partial charge in [-0.2, -0.15) is 0 Å². The monoisotopic (exact) mass is 343 g/mol. The molecule has 0 saturated carbocycles. The third-order valence-corrected chi connectivity index (χ3v) is 3.13. The topological polar surface area (TPSA) is 118 Å². The first-order valence-corrected chi connectivity index (χ1v) is 8.09. The standard InChI is InChI=1S/C10H12ClNO.C6H14N2O2/c11-7-6-10(13)12-8-9-4-2-1-3-5-9;7-4-2-1-3-5(8)6(9)10/h1-5H,6-8H2,(H,12,13);5H,1-4,7-8H2,(H,9,10). The van der Waals surface area contributed by atoms with Crippen LogP contribution in [0, 0.1) is 0 Å². The predicted octanol–water partition coefficient (Wildman–Crippen LogP) is 1.46. The summed E-state index contributed by atoms with van der Waals surface area (Å²) in [6.07, 6.45) is 2.55. The quantitative estimate of drug-likeness (QED) is 0.400. The summed E-state index contributed by atoms with van der Waals surface area (Å²) in [5.74, 6) is -0.559. The van der Waals surface area contributed by atoms with Crippen LogP contribution in [0.5, 0.6) is 0 Å². The van der Waals surface area contributed by atoms with Crippen LogP contribution in [-0.4, -0.2) is 35.4 Å². The second kappa shape index (κ2) is 14.0. The third-order valence-electron chi connectivity index (χ3n) is 2.94. The van der Waals surface area contributed by atoms with E-state index >= 15 is 0 Å². The molecule has 130 valence electrons. The Morgan fingerprint density at radius 3 is 2.39 bits per heavy atom. The summed E-state index contributed by atoms with van der Waals surface area (Å²) in [5, 5.41) is 11.1. The summed E-state index contributed by atoms with van der Waals surface area (Å²) in [4.78, 5) is 21.2. The lowest BCUT2D eigenvalue weighted by Crippen LogP contribution is -2.29. The first kappa shape index (κ1) is 21.4. The molecule has 0 fully saturated rings. The van der Waals surface area contributed by atoms with Gasteiger partial charge in [0.15, 0.2) is 0 Å². The van der Waals surface area contributed by atoms with Crippen LogP contribution in [0.2, 0.25) is 0 Å². The van der Waals surface area contributed by atoms with Crippen LogP contribution in [0.25, 0.3) is 0 Å². The molecule has 1 atom stereocenters. The molecular weight excluding hydrogens is 318 g/mol. The van der Waals surface area contributed by atoms with E-state index in [4.69, 9.17) is 28.2 Å². The fraction of sp³-hybridized carbons (Fsp3) is 0.500. The molecule has 1 unspecified atom stereocenters. The smallest absolute Gasteiger partial charge is 0.320 e. The van der Waals surface area contributed by atoms with E-state index in [1.807, 2.05) is 30.3 Å². The van der Waals surface area contributed by atoms with E-state index in [0.29, 0.717) is 31.8 Å². The van der Waals surface area contributed by atoms with E-state index in [2.05, 4.69) is 5.32 Å². The lowest BCUT2D eigenvalue weighted by atomic mass is 10.1. The number of halogens is 1. The summed E-state index contributed by atoms with van der Waals surface area (Å²) in [5.41, 5.74) is 11.5. The predicted molar refractivity (Wildman–Crippen MR) is 92.1 cm³/mol. The van der Waals surface area contributed by atoms with E-state index in [1.54, 1.807) is 0 Å². The van der Waals surface area contributed by atoms with E-state index in [1.165, 1.54) is 0 Å². The maximum absolute atomic E-state index is 11.0. The third kappa shape index (κ3) is 12.6. The molecule has 0 radical (unpaired) electrons. The van der Waals surface area contributed by atoms with Gasteiger partial charge >= 0.3 is 5.97 Å². The lowest BCUT2D eigenvalue weighted by Gasteiger charge is -2.03. The van der Waals surface area contributed by atoms with Crippen LogP contribution >= 0.6 is 11.6 Å². The second-order valence-corrected chi connectivity index (χ2v) is 5.31. The SMILES string of the molecule is NCCCCC(N)C(=O)O.O=C(CCCl)NCc1ccccc1. The molecule has 1 aromatic carbocycles. The minimum absolute atomic E-state index is 0.00106. The highest BCUT2D eigenvalue weighted by Gasteiger charge is 2.09. The molecule has 0 bridgehead atoms. The minimum Gasteiger partial charge on any atom is -0.480 e. The lowest BCUT2D eigenvalue weighted by molar-refractivity contribution is -0.138. The van der Waals surface area contributed by atoms with Crippen LogP contribution in [-0.2, 0) is 16.1 Å². The van der Waals surface area contributed by atoms with Crippen LogP contribution < -0.4 is 16.8 Å². The van der Waals surface area contributed by atoms with Crippen LogP contribution in [0.15, 0.2) is 30.3 Å². The maximum Gasteiger partial charge on any atom is 0.320 e. The molecule has 1 rings (SSSR count). The molecule has 1 aromatic rings. The molecule has 0 heterocycles. The zero-order valence-corrected chi connectivity index (χ0v) is 14.0. The number of benzene rings is 1. The Morgan fingerprint density at radius 2 is 1.87 bits per heavy atom. The Morgan fingerprint density at radius 1 is 1.22 bits per heavy atom. The summed E-state index contributed by atoms with van der Waals surface area (Å²) < 4.78 is 0. The molecule has 6 nitrogen and oxygen atoms in total. The average Bonchev–Trinajstić information content (AvgIpc) is 2.55. The molecule has 0 aromatic heterocycles. The van der Waals surface area contributed by atoms with Crippen LogP contribution in [0.4, 0.5) is 0 Å². The molecule has 23 heavy (non-hydrogen) atoms. The van der Waals surface area contributed by atoms with E-state index < -0.39 is 12.0 Å². The van der Waals surface area contributed by atoms with Gasteiger partial charge in [-0.25, -0.2) is 0 Å². The molecule has 0 aliphatic heterocycles. The number of carbonyl (C=O) groups excluding carboxylic acids is 1. The van der Waals surface area contributed by atoms with Crippen molar-refractivity contribution in [1.29, 1.82) is 0 Å². The number of aliphatic carboxylic acids is 1. The first-order valence-electron chi connectivity index (χ1n) is 7.56. The van der Waals surface area contributed by atoms with E-state index in [-0.39, 0.29) is 5.91 Å². The number of carboxylic acid groups (broad SMARTS) is 1. The number of nitrogens with two attached hydrogens (primary N) is 2. The van der Waals surface area contributed by atoms with Gasteiger partial charge in [-0.1, -0.05) is 36.8 Å². The first-order chi connectivity index (χ1) is 11.0. The van der Waals surface area contributed by atoms with E-state index in [0.717, 1.165) is 18.4 Å². The van der Waals surface area contributed by atoms with Crippen molar-refractivity contribution in [1.82, 2.24) is 5.32 Å². The highest BCUT2D eigenvalue weighted by Crippen LogP contribution is 1.98. The zero-order valence-electron chi connectivity index (χ0n) is 13.2. The van der Waals surface area contributed by atoms with Crippen LogP contribution in [0.3, 0.4) is 0 Å². The molecule has 0 aliphatic rings. The van der Waals surface area contributed by atoms with Crippen molar-refractivity contribution in [2.45, 2.75) is 38.3 Å². The summed E-state index contributed by atoms with van der Waals surface area (Å²) in [6.45, 7) is 1.18. The Bertz CT molecular complexity index is 443. The minimum atomic E-state index is -0.933. The van der Waals surface area contributed by atoms with Crippen molar-refractivity contribution >= 4 is 23.5 Å². The number of carbonyl (C=O) groups is 2. The number of rotatable bonds is 9. The van der Waals surface area contributed by atoms with Crippen molar-refractivity contribution in [3.05, 3.63) is 35.9 Å². The number of hydrogen-bond acceptors (Lipinski definition) is 4. The second-order valence-electron chi connectivity index (χ2n) is 4.93. The van der Waals surface area contributed by atoms with Gasteiger partial charge in [0, 0.05) is 18.8 Å². The Balaban J connectivity index is 0.000000438. The Labute approximate surface area is 142 Å². The molecular formula is C16H26ClN3O3. The number of unbranched alkanes of at least 4 members (excludes halogenated alkanes) is 1. The highest BCUT2D eigenvalue weighted by molar-refractivity contribution is 6.18. The van der Waals surface area contributed by atoms with Gasteiger partial charge in [-0.3, -0.25) is 9.59 Å². The van der Waals surface area contributed by atoms with Gasteiger partial charge in [0.1, 0.15) is 6.04 Å². The number of amides is 1. The van der Waals surface area contributed by atoms with Gasteiger partial charge in [0.05, 0.1) is 0 Å². The van der Waals surface area contributed by atoms with Gasteiger partial charge in [-0.05, 0) is 24.9 Å². The van der Waals surface area contributed by atoms with Gasteiger partial charge < -0.3 is 21.9 Å². The van der Waals surface area contributed by atoms with Crippen molar-refractivity contribution < 1.29 is 14.7 Å². The van der Waals surface area contributed by atoms with Gasteiger partial charge in [0.2, 0.25) is 5.91 Å². The summed E-state index contributed by atoms with van der Waals surface area (Å²) in [7, 11) is 0. The van der Waals surface area contributed by atoms with Gasteiger partial charge in [-0.15, -0.1) is 11.6 Å². The highest BCUT2D eigenvalue weighted by atomic mass is 35.5. The molecule has 6 N–H and O–H groups in total. The van der Waals surface area contributed by atoms with E-state index in [9.17, 15) is 9.59 Å². The maximum atomic E-state index is 11.0. The normalized spacial score (nSPS) is 11.1. The Hall–Kier alpha value is -1.63. The van der Waals surface area contributed by atoms with Crippen molar-refractivity contribution in [2.24, 2.45) is 11.5 Å². The largest absolute Gasteiger partial charge is 0.480 e. The number of nitrogens with one attached hydrogen (secondary N) is 1. The number of hydrogen-bond donors (Lipinski definition) is 4. The molecule has 0 aliphatic carbocycles. The van der Waals surface area contributed by atoms with Crippen molar-refractivity contribution in [3.63, 3.8) is 0 Å². The molecule has 0 spiro atoms. The van der Waals surface area contributed by atoms with Crippen molar-refractivity contribution in [3.8, 4) is 0 Å². The molecule has 7 heteroatoms. The fourth-order valence-electron chi connectivity index (χ4n) is 1.60. The summed E-state index contributed by atoms with van der Waals surface area (Å²) >= 11 is 5.42. The van der Waals surface area contributed by atoms with Gasteiger partial charge in [0.25, 0.3) is 0 Å². The molecule has 0 saturated heterocycles. The van der Waals surface area contributed by atoms with Crippen LogP contribution in [0.1, 0.15) is 31.2 Å². The number of carboxylic acids is 1. The number of alkyl halides is 1. The molecule has 1 amide bonds. The zero-order chi connectivity index (χ0) is 17.5. The Kier molecular flexibility index (Phi) is 13.0. The van der Waals surface area contributed by atoms with Crippen molar-refractivity contribution in [2.75, 3.05) is 12.4 Å². The average molecular weight is 344 g/mol. The fourth-order valence-corrected chi connectivity index (χ4v) is 1.77. The summed E-state index contributed by atoms with van der Waals surface area (Å²) in [6, 6.07) is 9.07.